The van der Waals surface area contributed by atoms with Crippen LogP contribution >= 0.6 is 0 Å². The number of hydrogen-bond acceptors (Lipinski definition) is 4. The molecule has 2 N–H and O–H groups in total. The lowest BCUT2D eigenvalue weighted by atomic mass is 10.2. The van der Waals surface area contributed by atoms with E-state index >= 15 is 0 Å². The summed E-state index contributed by atoms with van der Waals surface area (Å²) in [5.74, 6) is 0.165. The van der Waals surface area contributed by atoms with Crippen LogP contribution in [0.4, 0.5) is 5.69 Å². The first-order valence-corrected chi connectivity index (χ1v) is 5.21. The lowest BCUT2D eigenvalue weighted by molar-refractivity contribution is 0.0996. The van der Waals surface area contributed by atoms with Crippen molar-refractivity contribution >= 4 is 11.6 Å². The fraction of sp³-hybridized carbons (Fsp3) is 0.455. The van der Waals surface area contributed by atoms with Crippen molar-refractivity contribution in [3.8, 4) is 5.75 Å². The van der Waals surface area contributed by atoms with Crippen LogP contribution < -0.4 is 15.4 Å². The minimum atomic E-state index is -0.526. The van der Waals surface area contributed by atoms with E-state index in [0.29, 0.717) is 17.5 Å². The number of carbonyl (C=O) groups is 1. The van der Waals surface area contributed by atoms with Crippen LogP contribution in [0.15, 0.2) is 12.3 Å². The molecule has 16 heavy (non-hydrogen) atoms. The van der Waals surface area contributed by atoms with Crippen molar-refractivity contribution < 1.29 is 9.53 Å². The van der Waals surface area contributed by atoms with Gasteiger partial charge in [-0.2, -0.15) is 0 Å². The summed E-state index contributed by atoms with van der Waals surface area (Å²) in [6.45, 7) is 0. The normalized spacial score (nSPS) is 14.6. The molecule has 86 valence electrons. The van der Waals surface area contributed by atoms with Crippen molar-refractivity contribution in [1.29, 1.82) is 0 Å². The number of aromatic nitrogens is 1. The molecule has 0 spiro atoms. The molecule has 0 bridgehead atoms. The quantitative estimate of drug-likeness (QED) is 0.816. The highest BCUT2D eigenvalue weighted by Gasteiger charge is 2.24. The number of rotatable bonds is 4. The predicted molar refractivity (Wildman–Crippen MR) is 60.7 cm³/mol. The van der Waals surface area contributed by atoms with E-state index in [1.165, 1.54) is 0 Å². The lowest BCUT2D eigenvalue weighted by Gasteiger charge is -2.16. The maximum absolute atomic E-state index is 11.2. The molecule has 0 saturated heterocycles. The van der Waals surface area contributed by atoms with Gasteiger partial charge in [0.2, 0.25) is 0 Å². The number of anilines is 1. The summed E-state index contributed by atoms with van der Waals surface area (Å²) in [6.07, 6.45) is 4.05. The zero-order chi connectivity index (χ0) is 11.7. The first kappa shape index (κ1) is 10.7. The van der Waals surface area contributed by atoms with E-state index in [9.17, 15) is 4.79 Å². The Bertz CT molecular complexity index is 414. The molecule has 1 saturated carbocycles. The van der Waals surface area contributed by atoms with Crippen LogP contribution in [0.3, 0.4) is 0 Å². The van der Waals surface area contributed by atoms with E-state index in [2.05, 4.69) is 4.98 Å². The van der Waals surface area contributed by atoms with Gasteiger partial charge in [-0.05, 0) is 12.8 Å². The number of primary amides is 1. The van der Waals surface area contributed by atoms with Crippen LogP contribution in [0, 0.1) is 0 Å². The number of ether oxygens (including phenoxy) is 1. The molecule has 1 aliphatic rings. The zero-order valence-electron chi connectivity index (χ0n) is 9.43. The highest BCUT2D eigenvalue weighted by Crippen LogP contribution is 2.29. The highest BCUT2D eigenvalue weighted by molar-refractivity contribution is 5.96. The van der Waals surface area contributed by atoms with Crippen LogP contribution in [-0.4, -0.2) is 31.1 Å². The van der Waals surface area contributed by atoms with Crippen molar-refractivity contribution in [2.24, 2.45) is 5.73 Å². The standard InChI is InChI=1S/C11H15N3O2/c1-14(2)9-5-8(16-7-3-4-7)6-13-10(9)11(12)15/h5-7H,3-4H2,1-2H3,(H2,12,15). The SMILES string of the molecule is CN(C)c1cc(OC2CC2)cnc1C(N)=O. The van der Waals surface area contributed by atoms with Gasteiger partial charge in [0.15, 0.2) is 5.69 Å². The molecule has 0 aliphatic heterocycles. The Hall–Kier alpha value is -1.78. The summed E-state index contributed by atoms with van der Waals surface area (Å²) >= 11 is 0. The monoisotopic (exact) mass is 221 g/mol. The number of amides is 1. The third-order valence-electron chi connectivity index (χ3n) is 2.38. The summed E-state index contributed by atoms with van der Waals surface area (Å²) in [5.41, 5.74) is 6.20. The molecule has 1 amide bonds. The Balaban J connectivity index is 2.30. The number of nitrogens with zero attached hydrogens (tertiary/aromatic N) is 2. The number of carbonyl (C=O) groups excluding carboxylic acids is 1. The molecular formula is C11H15N3O2. The average molecular weight is 221 g/mol. The second kappa shape index (κ2) is 4.00. The number of nitrogens with two attached hydrogens (primary N) is 1. The number of hydrogen-bond donors (Lipinski definition) is 1. The fourth-order valence-electron chi connectivity index (χ4n) is 1.41. The van der Waals surface area contributed by atoms with E-state index in [0.717, 1.165) is 12.8 Å². The van der Waals surface area contributed by atoms with E-state index in [4.69, 9.17) is 10.5 Å². The van der Waals surface area contributed by atoms with E-state index in [1.807, 2.05) is 14.1 Å². The molecule has 2 rings (SSSR count). The molecule has 1 aromatic heterocycles. The molecule has 1 fully saturated rings. The third kappa shape index (κ3) is 2.24. The van der Waals surface area contributed by atoms with Gasteiger partial charge in [-0.15, -0.1) is 0 Å². The molecule has 0 atom stereocenters. The molecule has 1 aliphatic carbocycles. The van der Waals surface area contributed by atoms with Crippen molar-refractivity contribution in [2.75, 3.05) is 19.0 Å². The Morgan fingerprint density at radius 3 is 2.75 bits per heavy atom. The summed E-state index contributed by atoms with van der Waals surface area (Å²) in [6, 6.07) is 1.80. The second-order valence-electron chi connectivity index (χ2n) is 4.11. The summed E-state index contributed by atoms with van der Waals surface area (Å²) in [7, 11) is 3.68. The van der Waals surface area contributed by atoms with Gasteiger partial charge in [0.05, 0.1) is 18.0 Å². The van der Waals surface area contributed by atoms with Crippen molar-refractivity contribution in [2.45, 2.75) is 18.9 Å². The molecule has 0 radical (unpaired) electrons. The predicted octanol–water partition coefficient (Wildman–Crippen LogP) is 0.788. The molecule has 1 heterocycles. The van der Waals surface area contributed by atoms with Crippen LogP contribution in [0.25, 0.3) is 0 Å². The van der Waals surface area contributed by atoms with E-state index in [1.54, 1.807) is 17.2 Å². The van der Waals surface area contributed by atoms with E-state index in [-0.39, 0.29) is 5.69 Å². The number of pyridine rings is 1. The average Bonchev–Trinajstić information content (AvgIpc) is 3.01. The van der Waals surface area contributed by atoms with Gasteiger partial charge in [0.25, 0.3) is 5.91 Å². The molecule has 0 aromatic carbocycles. The molecular weight excluding hydrogens is 206 g/mol. The van der Waals surface area contributed by atoms with Gasteiger partial charge in [-0.1, -0.05) is 0 Å². The van der Waals surface area contributed by atoms with Crippen molar-refractivity contribution in [1.82, 2.24) is 4.98 Å². The minimum Gasteiger partial charge on any atom is -0.489 e. The summed E-state index contributed by atoms with van der Waals surface area (Å²) in [5, 5.41) is 0. The zero-order valence-corrected chi connectivity index (χ0v) is 9.43. The van der Waals surface area contributed by atoms with Gasteiger partial charge < -0.3 is 15.4 Å². The fourth-order valence-corrected chi connectivity index (χ4v) is 1.41. The van der Waals surface area contributed by atoms with Crippen LogP contribution in [0.2, 0.25) is 0 Å². The first-order chi connectivity index (χ1) is 7.58. The Kier molecular flexibility index (Phi) is 2.68. The van der Waals surface area contributed by atoms with Crippen molar-refractivity contribution in [3.05, 3.63) is 18.0 Å². The molecule has 0 unspecified atom stereocenters. The second-order valence-corrected chi connectivity index (χ2v) is 4.11. The topological polar surface area (TPSA) is 68.4 Å². The highest BCUT2D eigenvalue weighted by atomic mass is 16.5. The summed E-state index contributed by atoms with van der Waals surface area (Å²) in [4.78, 5) is 17.0. The van der Waals surface area contributed by atoms with Crippen LogP contribution in [0.1, 0.15) is 23.3 Å². The maximum Gasteiger partial charge on any atom is 0.269 e. The van der Waals surface area contributed by atoms with Crippen LogP contribution in [-0.2, 0) is 0 Å². The minimum absolute atomic E-state index is 0.271. The molecule has 1 aromatic rings. The Morgan fingerprint density at radius 2 is 2.25 bits per heavy atom. The smallest absolute Gasteiger partial charge is 0.269 e. The van der Waals surface area contributed by atoms with E-state index < -0.39 is 5.91 Å². The molecule has 5 heteroatoms. The largest absolute Gasteiger partial charge is 0.489 e. The summed E-state index contributed by atoms with van der Waals surface area (Å²) < 4.78 is 5.61. The first-order valence-electron chi connectivity index (χ1n) is 5.21. The lowest BCUT2D eigenvalue weighted by Crippen LogP contribution is -2.20. The van der Waals surface area contributed by atoms with Gasteiger partial charge in [-0.25, -0.2) is 4.98 Å². The van der Waals surface area contributed by atoms with Crippen molar-refractivity contribution in [3.63, 3.8) is 0 Å². The molecule has 5 nitrogen and oxygen atoms in total. The van der Waals surface area contributed by atoms with Crippen LogP contribution in [0.5, 0.6) is 5.75 Å². The third-order valence-corrected chi connectivity index (χ3v) is 2.38. The maximum atomic E-state index is 11.2. The van der Waals surface area contributed by atoms with Gasteiger partial charge in [0, 0.05) is 20.2 Å². The Morgan fingerprint density at radius 1 is 1.56 bits per heavy atom. The van der Waals surface area contributed by atoms with Gasteiger partial charge in [-0.3, -0.25) is 4.79 Å². The van der Waals surface area contributed by atoms with Gasteiger partial charge >= 0.3 is 0 Å². The van der Waals surface area contributed by atoms with Gasteiger partial charge in [0.1, 0.15) is 5.75 Å². The Labute approximate surface area is 94.2 Å².